The number of rotatable bonds is 7. The largest absolute Gasteiger partial charge is 0.349 e. The molecule has 1 aromatic rings. The molecule has 4 heteroatoms. The van der Waals surface area contributed by atoms with E-state index in [0.717, 1.165) is 24.9 Å². The molecule has 2 amide bonds. The van der Waals surface area contributed by atoms with Gasteiger partial charge in [0.25, 0.3) is 0 Å². The van der Waals surface area contributed by atoms with Crippen LogP contribution in [0.3, 0.4) is 0 Å². The molecule has 120 valence electrons. The molecule has 0 bridgehead atoms. The molecule has 1 saturated carbocycles. The highest BCUT2D eigenvalue weighted by atomic mass is 16.2. The molecule has 3 atom stereocenters. The van der Waals surface area contributed by atoms with Crippen LogP contribution in [0.5, 0.6) is 0 Å². The first kappa shape index (κ1) is 16.5. The molecule has 0 heterocycles. The van der Waals surface area contributed by atoms with Crippen molar-refractivity contribution in [3.05, 3.63) is 35.9 Å². The van der Waals surface area contributed by atoms with Crippen molar-refractivity contribution in [3.8, 4) is 0 Å². The molecule has 0 saturated heterocycles. The van der Waals surface area contributed by atoms with Crippen LogP contribution in [0.2, 0.25) is 0 Å². The van der Waals surface area contributed by atoms with E-state index in [-0.39, 0.29) is 29.7 Å². The van der Waals surface area contributed by atoms with Gasteiger partial charge in [0.05, 0.1) is 17.9 Å². The molecule has 3 unspecified atom stereocenters. The summed E-state index contributed by atoms with van der Waals surface area (Å²) in [5, 5.41) is 3.02. The van der Waals surface area contributed by atoms with Gasteiger partial charge in [0, 0.05) is 13.6 Å². The highest BCUT2D eigenvalue weighted by Crippen LogP contribution is 2.40. The van der Waals surface area contributed by atoms with Crippen LogP contribution in [0, 0.1) is 11.8 Å². The van der Waals surface area contributed by atoms with E-state index in [9.17, 15) is 9.59 Å². The summed E-state index contributed by atoms with van der Waals surface area (Å²) in [6.45, 7) is 4.86. The molecule has 0 aliphatic heterocycles. The summed E-state index contributed by atoms with van der Waals surface area (Å²) in [5.74, 6) is -0.160. The van der Waals surface area contributed by atoms with Crippen molar-refractivity contribution in [1.29, 1.82) is 0 Å². The monoisotopic (exact) mass is 302 g/mol. The molecule has 0 spiro atoms. The number of amides is 2. The van der Waals surface area contributed by atoms with E-state index in [4.69, 9.17) is 0 Å². The van der Waals surface area contributed by atoms with Crippen LogP contribution in [0.4, 0.5) is 0 Å². The molecule has 1 aromatic carbocycles. The topological polar surface area (TPSA) is 49.4 Å². The molecule has 1 aliphatic rings. The highest BCUT2D eigenvalue weighted by Gasteiger charge is 2.49. The van der Waals surface area contributed by atoms with Gasteiger partial charge in [0.1, 0.15) is 0 Å². The molecular weight excluding hydrogens is 276 g/mol. The minimum atomic E-state index is -0.150. The van der Waals surface area contributed by atoms with E-state index in [1.807, 2.05) is 44.3 Å². The van der Waals surface area contributed by atoms with Gasteiger partial charge in [-0.05, 0) is 25.3 Å². The summed E-state index contributed by atoms with van der Waals surface area (Å²) in [6, 6.07) is 9.86. The number of benzene rings is 1. The predicted molar refractivity (Wildman–Crippen MR) is 87.1 cm³/mol. The van der Waals surface area contributed by atoms with Crippen LogP contribution in [-0.2, 0) is 9.59 Å². The van der Waals surface area contributed by atoms with Crippen LogP contribution in [0.15, 0.2) is 30.3 Å². The Balaban J connectivity index is 1.82. The lowest BCUT2D eigenvalue weighted by Crippen LogP contribution is -2.33. The molecule has 4 nitrogen and oxygen atoms in total. The third kappa shape index (κ3) is 4.09. The van der Waals surface area contributed by atoms with Gasteiger partial charge in [-0.3, -0.25) is 9.59 Å². The summed E-state index contributed by atoms with van der Waals surface area (Å²) in [4.78, 5) is 26.3. The number of carbonyl (C=O) groups is 2. The van der Waals surface area contributed by atoms with Crippen LogP contribution < -0.4 is 5.32 Å². The van der Waals surface area contributed by atoms with E-state index in [0.29, 0.717) is 6.42 Å². The molecule has 1 fully saturated rings. The Morgan fingerprint density at radius 3 is 2.59 bits per heavy atom. The Bertz CT molecular complexity index is 515. The molecular formula is C18H26N2O2. The average Bonchev–Trinajstić information content (AvgIpc) is 3.33. The molecule has 1 aliphatic carbocycles. The normalized spacial score (nSPS) is 21.0. The van der Waals surface area contributed by atoms with E-state index >= 15 is 0 Å². The van der Waals surface area contributed by atoms with Gasteiger partial charge in [-0.15, -0.1) is 0 Å². The standard InChI is InChI=1S/C18H26N2O2/c1-4-5-11-20(3)18(22)16-12-15(16)17(21)19-13(2)14-9-7-6-8-10-14/h6-10,13,15-16H,4-5,11-12H2,1-3H3,(H,19,21). The fourth-order valence-electron chi connectivity index (χ4n) is 2.69. The summed E-state index contributed by atoms with van der Waals surface area (Å²) >= 11 is 0. The maximum Gasteiger partial charge on any atom is 0.226 e. The van der Waals surface area contributed by atoms with Crippen LogP contribution in [0.1, 0.15) is 44.7 Å². The second kappa shape index (κ2) is 7.43. The van der Waals surface area contributed by atoms with E-state index in [2.05, 4.69) is 12.2 Å². The fraction of sp³-hybridized carbons (Fsp3) is 0.556. The maximum absolute atomic E-state index is 12.3. The van der Waals surface area contributed by atoms with Crippen molar-refractivity contribution in [2.24, 2.45) is 11.8 Å². The lowest BCUT2D eigenvalue weighted by molar-refractivity contribution is -0.133. The van der Waals surface area contributed by atoms with Crippen LogP contribution in [-0.4, -0.2) is 30.3 Å². The average molecular weight is 302 g/mol. The molecule has 0 aromatic heterocycles. The second-order valence-electron chi connectivity index (χ2n) is 6.20. The van der Waals surface area contributed by atoms with Crippen molar-refractivity contribution >= 4 is 11.8 Å². The first-order valence-electron chi connectivity index (χ1n) is 8.14. The van der Waals surface area contributed by atoms with Gasteiger partial charge in [-0.2, -0.15) is 0 Å². The van der Waals surface area contributed by atoms with Crippen LogP contribution >= 0.6 is 0 Å². The Hall–Kier alpha value is -1.84. The third-order valence-corrected chi connectivity index (χ3v) is 4.33. The number of nitrogens with one attached hydrogen (secondary N) is 1. The smallest absolute Gasteiger partial charge is 0.226 e. The Labute approximate surface area is 132 Å². The summed E-state index contributed by atoms with van der Waals surface area (Å²) in [7, 11) is 1.83. The van der Waals surface area contributed by atoms with Gasteiger partial charge in [0.2, 0.25) is 11.8 Å². The van der Waals surface area contributed by atoms with Gasteiger partial charge in [-0.25, -0.2) is 0 Å². The number of hydrogen-bond donors (Lipinski definition) is 1. The van der Waals surface area contributed by atoms with Crippen LogP contribution in [0.25, 0.3) is 0 Å². The summed E-state index contributed by atoms with van der Waals surface area (Å²) < 4.78 is 0. The maximum atomic E-state index is 12.3. The van der Waals surface area contributed by atoms with Gasteiger partial charge in [0.15, 0.2) is 0 Å². The Morgan fingerprint density at radius 2 is 1.95 bits per heavy atom. The number of hydrogen-bond acceptors (Lipinski definition) is 2. The van der Waals surface area contributed by atoms with Gasteiger partial charge < -0.3 is 10.2 Å². The van der Waals surface area contributed by atoms with Crippen molar-refractivity contribution in [2.75, 3.05) is 13.6 Å². The van der Waals surface area contributed by atoms with Gasteiger partial charge in [-0.1, -0.05) is 43.7 Å². The lowest BCUT2D eigenvalue weighted by atomic mass is 10.1. The first-order chi connectivity index (χ1) is 10.5. The van der Waals surface area contributed by atoms with Crippen molar-refractivity contribution in [2.45, 2.75) is 39.2 Å². The predicted octanol–water partition coefficient (Wildman–Crippen LogP) is 2.76. The van der Waals surface area contributed by atoms with Gasteiger partial charge >= 0.3 is 0 Å². The minimum Gasteiger partial charge on any atom is -0.349 e. The summed E-state index contributed by atoms with van der Waals surface area (Å²) in [6.07, 6.45) is 2.76. The van der Waals surface area contributed by atoms with E-state index in [1.54, 1.807) is 4.90 Å². The third-order valence-electron chi connectivity index (χ3n) is 4.33. The number of nitrogens with zero attached hydrogens (tertiary/aromatic N) is 1. The number of carbonyl (C=O) groups excluding carboxylic acids is 2. The van der Waals surface area contributed by atoms with Crippen molar-refractivity contribution < 1.29 is 9.59 Å². The zero-order valence-electron chi connectivity index (χ0n) is 13.7. The molecule has 0 radical (unpaired) electrons. The van der Waals surface area contributed by atoms with Crippen molar-refractivity contribution in [3.63, 3.8) is 0 Å². The molecule has 1 N–H and O–H groups in total. The van der Waals surface area contributed by atoms with Crippen molar-refractivity contribution in [1.82, 2.24) is 10.2 Å². The first-order valence-corrected chi connectivity index (χ1v) is 8.14. The second-order valence-corrected chi connectivity index (χ2v) is 6.20. The Morgan fingerprint density at radius 1 is 1.27 bits per heavy atom. The van der Waals surface area contributed by atoms with E-state index in [1.165, 1.54) is 0 Å². The zero-order valence-corrected chi connectivity index (χ0v) is 13.7. The quantitative estimate of drug-likeness (QED) is 0.842. The molecule has 22 heavy (non-hydrogen) atoms. The minimum absolute atomic E-state index is 0.00130. The zero-order chi connectivity index (χ0) is 16.1. The SMILES string of the molecule is CCCCN(C)C(=O)C1CC1C(=O)NC(C)c1ccccc1. The fourth-order valence-corrected chi connectivity index (χ4v) is 2.69. The molecule has 2 rings (SSSR count). The highest BCUT2D eigenvalue weighted by molar-refractivity contribution is 5.92. The Kier molecular flexibility index (Phi) is 5.58. The van der Waals surface area contributed by atoms with E-state index < -0.39 is 0 Å². The number of unbranched alkanes of at least 4 members (excludes halogenated alkanes) is 1. The lowest BCUT2D eigenvalue weighted by Gasteiger charge is -2.17. The summed E-state index contributed by atoms with van der Waals surface area (Å²) in [5.41, 5.74) is 1.08.